The van der Waals surface area contributed by atoms with Gasteiger partial charge >= 0.3 is 0 Å². The summed E-state index contributed by atoms with van der Waals surface area (Å²) in [6.45, 7) is 2.05. The van der Waals surface area contributed by atoms with E-state index in [1.54, 1.807) is 6.07 Å². The largest absolute Gasteiger partial charge is 0.334 e. The molecule has 3 heterocycles. The minimum absolute atomic E-state index is 0.0976. The zero-order chi connectivity index (χ0) is 15.0. The van der Waals surface area contributed by atoms with Crippen molar-refractivity contribution in [3.63, 3.8) is 0 Å². The van der Waals surface area contributed by atoms with Crippen LogP contribution in [0.4, 0.5) is 0 Å². The van der Waals surface area contributed by atoms with Crippen molar-refractivity contribution in [2.24, 2.45) is 0 Å². The molecule has 0 unspecified atom stereocenters. The van der Waals surface area contributed by atoms with Crippen LogP contribution in [0.2, 0.25) is 10.3 Å². The average Bonchev–Trinajstić information content (AvgIpc) is 2.41. The molecule has 1 aliphatic heterocycles. The lowest BCUT2D eigenvalue weighted by atomic mass is 10.1. The van der Waals surface area contributed by atoms with Crippen molar-refractivity contribution in [1.29, 1.82) is 0 Å². The summed E-state index contributed by atoms with van der Waals surface area (Å²) in [7, 11) is 0. The van der Waals surface area contributed by atoms with Crippen LogP contribution in [-0.2, 0) is 19.5 Å². The Hall–Kier alpha value is -1.21. The summed E-state index contributed by atoms with van der Waals surface area (Å²) < 4.78 is 0.354. The summed E-state index contributed by atoms with van der Waals surface area (Å²) in [5.74, 6) is 0. The topological polar surface area (TPSA) is 64.8 Å². The molecule has 2 aromatic heterocycles. The molecule has 0 fully saturated rings. The third kappa shape index (κ3) is 3.18. The number of hydrogen-bond acceptors (Lipinski definition) is 4. The standard InChI is InChI=1S/C13H12Cl2N4OS/c14-10-2-1-7(11(15)17-10)5-19-4-3-8-9(6-19)16-13(21)18-12(8)20/h1-2H,3-6H2,(H2,16,18,20,21). The van der Waals surface area contributed by atoms with Gasteiger partial charge in [-0.25, -0.2) is 4.98 Å². The zero-order valence-corrected chi connectivity index (χ0v) is 13.3. The number of aromatic amines is 2. The van der Waals surface area contributed by atoms with Crippen LogP contribution >= 0.6 is 35.4 Å². The minimum atomic E-state index is -0.0976. The van der Waals surface area contributed by atoms with Crippen molar-refractivity contribution in [1.82, 2.24) is 19.9 Å². The van der Waals surface area contributed by atoms with Gasteiger partial charge in [-0.1, -0.05) is 29.3 Å². The quantitative estimate of drug-likeness (QED) is 0.650. The van der Waals surface area contributed by atoms with Gasteiger partial charge in [0.15, 0.2) is 4.77 Å². The summed E-state index contributed by atoms with van der Waals surface area (Å²) in [6.07, 6.45) is 0.676. The molecule has 110 valence electrons. The van der Waals surface area contributed by atoms with Gasteiger partial charge < -0.3 is 4.98 Å². The van der Waals surface area contributed by atoms with Gasteiger partial charge in [-0.15, -0.1) is 0 Å². The monoisotopic (exact) mass is 342 g/mol. The molecule has 0 saturated carbocycles. The van der Waals surface area contributed by atoms with E-state index in [9.17, 15) is 4.79 Å². The first-order valence-corrected chi connectivity index (χ1v) is 7.57. The predicted octanol–water partition coefficient (Wildman–Crippen LogP) is 2.69. The first-order valence-electron chi connectivity index (χ1n) is 6.40. The molecule has 0 atom stereocenters. The second-order valence-electron chi connectivity index (χ2n) is 4.91. The maximum Gasteiger partial charge on any atom is 0.255 e. The molecule has 0 saturated heterocycles. The van der Waals surface area contributed by atoms with Crippen molar-refractivity contribution >= 4 is 35.4 Å². The third-order valence-electron chi connectivity index (χ3n) is 3.48. The Morgan fingerprint density at radius 2 is 2.14 bits per heavy atom. The second kappa shape index (κ2) is 5.88. The lowest BCUT2D eigenvalue weighted by molar-refractivity contribution is 0.240. The normalized spacial score (nSPS) is 15.0. The third-order valence-corrected chi connectivity index (χ3v) is 4.22. The Kier molecular flexibility index (Phi) is 4.12. The van der Waals surface area contributed by atoms with Gasteiger partial charge in [0, 0.05) is 36.5 Å². The maximum absolute atomic E-state index is 11.8. The minimum Gasteiger partial charge on any atom is -0.334 e. The Labute approximate surface area is 135 Å². The Bertz CT molecular complexity index is 801. The van der Waals surface area contributed by atoms with E-state index in [4.69, 9.17) is 35.4 Å². The highest BCUT2D eigenvalue weighted by molar-refractivity contribution is 7.71. The van der Waals surface area contributed by atoms with Crippen LogP contribution in [0.15, 0.2) is 16.9 Å². The maximum atomic E-state index is 11.8. The molecule has 1 aliphatic rings. The summed E-state index contributed by atoms with van der Waals surface area (Å²) >= 11 is 16.9. The van der Waals surface area contributed by atoms with Crippen molar-refractivity contribution < 1.29 is 0 Å². The number of H-pyrrole nitrogens is 2. The number of nitrogens with one attached hydrogen (secondary N) is 2. The summed E-state index contributed by atoms with van der Waals surface area (Å²) in [5.41, 5.74) is 2.46. The Morgan fingerprint density at radius 1 is 1.33 bits per heavy atom. The van der Waals surface area contributed by atoms with E-state index >= 15 is 0 Å². The van der Waals surface area contributed by atoms with Gasteiger partial charge in [0.25, 0.3) is 5.56 Å². The average molecular weight is 343 g/mol. The number of pyridine rings is 1. The molecule has 0 spiro atoms. The number of nitrogens with zero attached hydrogens (tertiary/aromatic N) is 2. The van der Waals surface area contributed by atoms with Crippen molar-refractivity contribution in [3.8, 4) is 0 Å². The van der Waals surface area contributed by atoms with E-state index < -0.39 is 0 Å². The fourth-order valence-electron chi connectivity index (χ4n) is 2.47. The fourth-order valence-corrected chi connectivity index (χ4v) is 3.09. The molecule has 0 aromatic carbocycles. The van der Waals surface area contributed by atoms with E-state index in [1.807, 2.05) is 6.07 Å². The molecule has 21 heavy (non-hydrogen) atoms. The lowest BCUT2D eigenvalue weighted by Crippen LogP contribution is -2.34. The highest BCUT2D eigenvalue weighted by atomic mass is 35.5. The number of fused-ring (bicyclic) bond motifs is 1. The first-order chi connectivity index (χ1) is 10.0. The zero-order valence-electron chi connectivity index (χ0n) is 10.9. The van der Waals surface area contributed by atoms with E-state index in [0.717, 1.165) is 23.4 Å². The number of aromatic nitrogens is 3. The number of halogens is 2. The smallest absolute Gasteiger partial charge is 0.255 e. The van der Waals surface area contributed by atoms with Gasteiger partial charge in [0.2, 0.25) is 0 Å². The number of rotatable bonds is 2. The predicted molar refractivity (Wildman–Crippen MR) is 84.3 cm³/mol. The van der Waals surface area contributed by atoms with Crippen LogP contribution in [-0.4, -0.2) is 26.4 Å². The van der Waals surface area contributed by atoms with Crippen molar-refractivity contribution in [2.75, 3.05) is 6.54 Å². The van der Waals surface area contributed by atoms with E-state index in [1.165, 1.54) is 0 Å². The van der Waals surface area contributed by atoms with Gasteiger partial charge in [0.05, 0.1) is 0 Å². The summed E-state index contributed by atoms with van der Waals surface area (Å²) in [5, 5.41) is 0.787. The molecule has 5 nitrogen and oxygen atoms in total. The molecule has 3 rings (SSSR count). The molecule has 2 aromatic rings. The van der Waals surface area contributed by atoms with E-state index in [2.05, 4.69) is 19.9 Å². The van der Waals surface area contributed by atoms with E-state index in [0.29, 0.717) is 34.6 Å². The molecular weight excluding hydrogens is 331 g/mol. The van der Waals surface area contributed by atoms with E-state index in [-0.39, 0.29) is 5.56 Å². The highest BCUT2D eigenvalue weighted by Crippen LogP contribution is 2.21. The van der Waals surface area contributed by atoms with Gasteiger partial charge in [0.1, 0.15) is 10.3 Å². The first kappa shape index (κ1) is 14.7. The van der Waals surface area contributed by atoms with Crippen LogP contribution in [0.5, 0.6) is 0 Å². The van der Waals surface area contributed by atoms with Crippen molar-refractivity contribution in [2.45, 2.75) is 19.5 Å². The van der Waals surface area contributed by atoms with Gasteiger partial charge in [-0.2, -0.15) is 0 Å². The Morgan fingerprint density at radius 3 is 2.90 bits per heavy atom. The molecule has 0 bridgehead atoms. The van der Waals surface area contributed by atoms with Crippen LogP contribution in [0.3, 0.4) is 0 Å². The lowest BCUT2D eigenvalue weighted by Gasteiger charge is -2.27. The molecule has 0 amide bonds. The van der Waals surface area contributed by atoms with Gasteiger partial charge in [-0.05, 0) is 24.7 Å². The van der Waals surface area contributed by atoms with Crippen LogP contribution < -0.4 is 5.56 Å². The summed E-state index contributed by atoms with van der Waals surface area (Å²) in [4.78, 5) is 23.7. The molecule has 2 N–H and O–H groups in total. The second-order valence-corrected chi connectivity index (χ2v) is 6.06. The van der Waals surface area contributed by atoms with Crippen LogP contribution in [0, 0.1) is 4.77 Å². The molecule has 0 aliphatic carbocycles. The highest BCUT2D eigenvalue weighted by Gasteiger charge is 2.20. The van der Waals surface area contributed by atoms with Crippen LogP contribution in [0.25, 0.3) is 0 Å². The summed E-state index contributed by atoms with van der Waals surface area (Å²) in [6, 6.07) is 3.59. The SMILES string of the molecule is O=c1[nH]c(=S)[nH]c2c1CCN(Cc1ccc(Cl)nc1Cl)C2. The molecule has 0 radical (unpaired) electrons. The molecule has 8 heteroatoms. The molecular formula is C13H12Cl2N4OS. The van der Waals surface area contributed by atoms with Crippen molar-refractivity contribution in [3.05, 3.63) is 54.4 Å². The van der Waals surface area contributed by atoms with Crippen LogP contribution in [0.1, 0.15) is 16.8 Å². The number of hydrogen-bond donors (Lipinski definition) is 2. The van der Waals surface area contributed by atoms with Gasteiger partial charge in [-0.3, -0.25) is 14.7 Å². The fraction of sp³-hybridized carbons (Fsp3) is 0.308. The Balaban J connectivity index is 1.83.